The third-order valence-electron chi connectivity index (χ3n) is 2.72. The van der Waals surface area contributed by atoms with Crippen molar-refractivity contribution in [3.8, 4) is 17.6 Å². The Balaban J connectivity index is 2.29. The first-order valence-corrected chi connectivity index (χ1v) is 6.24. The van der Waals surface area contributed by atoms with Crippen molar-refractivity contribution < 1.29 is 14.2 Å². The topological polar surface area (TPSA) is 53.2 Å². The zero-order chi connectivity index (χ0) is 14.7. The van der Waals surface area contributed by atoms with Gasteiger partial charge in [0.05, 0.1) is 22.8 Å². The van der Waals surface area contributed by atoms with E-state index in [1.54, 1.807) is 25.1 Å². The molecule has 1 N–H and O–H groups in total. The standard InChI is InChI=1S/C15H11ClFNO2/c1-9(19)11-3-5-14(12(16)7-11)20-15-4-2-10(8-18)6-13(15)17/h2-7,9,19H,1H3. The van der Waals surface area contributed by atoms with E-state index in [-0.39, 0.29) is 22.1 Å². The van der Waals surface area contributed by atoms with Crippen LogP contribution in [0.2, 0.25) is 5.02 Å². The number of halogens is 2. The summed E-state index contributed by atoms with van der Waals surface area (Å²) in [5.41, 5.74) is 0.855. The van der Waals surface area contributed by atoms with Gasteiger partial charge in [0.15, 0.2) is 11.6 Å². The van der Waals surface area contributed by atoms with Crippen molar-refractivity contribution in [1.82, 2.24) is 0 Å². The third-order valence-corrected chi connectivity index (χ3v) is 3.01. The third kappa shape index (κ3) is 3.08. The number of aliphatic hydroxyl groups is 1. The number of nitrogens with zero attached hydrogens (tertiary/aromatic N) is 1. The Labute approximate surface area is 120 Å². The van der Waals surface area contributed by atoms with E-state index in [9.17, 15) is 9.50 Å². The van der Waals surface area contributed by atoms with Crippen LogP contribution >= 0.6 is 11.6 Å². The molecule has 1 unspecified atom stereocenters. The first-order chi connectivity index (χ1) is 9.51. The van der Waals surface area contributed by atoms with Crippen molar-refractivity contribution in [3.05, 3.63) is 58.4 Å². The number of rotatable bonds is 3. The molecule has 0 saturated carbocycles. The minimum absolute atomic E-state index is 0.0179. The normalized spacial score (nSPS) is 11.8. The Bertz CT molecular complexity index is 680. The number of benzene rings is 2. The van der Waals surface area contributed by atoms with Gasteiger partial charge in [0.1, 0.15) is 5.75 Å². The molecule has 0 radical (unpaired) electrons. The Hall–Kier alpha value is -2.09. The van der Waals surface area contributed by atoms with E-state index in [1.165, 1.54) is 12.1 Å². The molecule has 0 fully saturated rings. The first kappa shape index (κ1) is 14.3. The zero-order valence-electron chi connectivity index (χ0n) is 10.6. The zero-order valence-corrected chi connectivity index (χ0v) is 11.4. The van der Waals surface area contributed by atoms with Crippen LogP contribution in [0.15, 0.2) is 36.4 Å². The second kappa shape index (κ2) is 5.91. The van der Waals surface area contributed by atoms with E-state index in [1.807, 2.05) is 6.07 Å². The van der Waals surface area contributed by atoms with Gasteiger partial charge in [-0.1, -0.05) is 17.7 Å². The molecule has 0 aliphatic carbocycles. The van der Waals surface area contributed by atoms with Crippen molar-refractivity contribution in [2.45, 2.75) is 13.0 Å². The highest BCUT2D eigenvalue weighted by molar-refractivity contribution is 6.32. The fourth-order valence-electron chi connectivity index (χ4n) is 1.63. The molecular formula is C15H11ClFNO2. The Morgan fingerprint density at radius 2 is 1.95 bits per heavy atom. The van der Waals surface area contributed by atoms with Gasteiger partial charge in [0.2, 0.25) is 0 Å². The highest BCUT2D eigenvalue weighted by atomic mass is 35.5. The van der Waals surface area contributed by atoms with Gasteiger partial charge in [0.25, 0.3) is 0 Å². The number of aliphatic hydroxyl groups excluding tert-OH is 1. The van der Waals surface area contributed by atoms with Crippen LogP contribution in [0.3, 0.4) is 0 Å². The van der Waals surface area contributed by atoms with Crippen LogP contribution < -0.4 is 4.74 Å². The predicted octanol–water partition coefficient (Wildman–Crippen LogP) is 4.20. The summed E-state index contributed by atoms with van der Waals surface area (Å²) in [7, 11) is 0. The second-order valence-corrected chi connectivity index (χ2v) is 4.63. The molecule has 102 valence electrons. The van der Waals surface area contributed by atoms with Crippen LogP contribution in [0.25, 0.3) is 0 Å². The van der Waals surface area contributed by atoms with E-state index in [2.05, 4.69) is 0 Å². The summed E-state index contributed by atoms with van der Waals surface area (Å²) < 4.78 is 19.1. The van der Waals surface area contributed by atoms with E-state index in [0.717, 1.165) is 6.07 Å². The molecule has 2 aromatic rings. The summed E-state index contributed by atoms with van der Waals surface area (Å²) in [5, 5.41) is 18.4. The van der Waals surface area contributed by atoms with E-state index < -0.39 is 11.9 Å². The van der Waals surface area contributed by atoms with Crippen molar-refractivity contribution in [2.24, 2.45) is 0 Å². The van der Waals surface area contributed by atoms with Crippen molar-refractivity contribution in [2.75, 3.05) is 0 Å². The predicted molar refractivity (Wildman–Crippen MR) is 73.3 cm³/mol. The lowest BCUT2D eigenvalue weighted by Gasteiger charge is -2.11. The molecule has 3 nitrogen and oxygen atoms in total. The fraction of sp³-hybridized carbons (Fsp3) is 0.133. The maximum Gasteiger partial charge on any atom is 0.167 e. The molecule has 2 aromatic carbocycles. The molecular weight excluding hydrogens is 281 g/mol. The summed E-state index contributed by atoms with van der Waals surface area (Å²) in [5.74, 6) is -0.380. The van der Waals surface area contributed by atoms with Gasteiger partial charge in [-0.25, -0.2) is 4.39 Å². The van der Waals surface area contributed by atoms with Gasteiger partial charge in [0, 0.05) is 0 Å². The monoisotopic (exact) mass is 291 g/mol. The molecule has 1 atom stereocenters. The number of hydrogen-bond acceptors (Lipinski definition) is 3. The lowest BCUT2D eigenvalue weighted by molar-refractivity contribution is 0.199. The van der Waals surface area contributed by atoms with E-state index >= 15 is 0 Å². The van der Waals surface area contributed by atoms with Crippen molar-refractivity contribution in [1.29, 1.82) is 5.26 Å². The summed E-state index contributed by atoms with van der Waals surface area (Å²) in [4.78, 5) is 0. The summed E-state index contributed by atoms with van der Waals surface area (Å²) in [6.07, 6.45) is -0.645. The van der Waals surface area contributed by atoms with E-state index in [4.69, 9.17) is 21.6 Å². The average Bonchev–Trinajstić information content (AvgIpc) is 2.42. The summed E-state index contributed by atoms with van der Waals surface area (Å²) in [6.45, 7) is 1.62. The van der Waals surface area contributed by atoms with Crippen molar-refractivity contribution in [3.63, 3.8) is 0 Å². The number of hydrogen-bond donors (Lipinski definition) is 1. The van der Waals surface area contributed by atoms with Crippen LogP contribution in [0.5, 0.6) is 11.5 Å². The molecule has 0 spiro atoms. The van der Waals surface area contributed by atoms with E-state index in [0.29, 0.717) is 5.56 Å². The Morgan fingerprint density at radius 3 is 2.50 bits per heavy atom. The van der Waals surface area contributed by atoms with Gasteiger partial charge < -0.3 is 9.84 Å². The van der Waals surface area contributed by atoms with Crippen LogP contribution in [0.4, 0.5) is 4.39 Å². The molecule has 2 rings (SSSR count). The highest BCUT2D eigenvalue weighted by Crippen LogP contribution is 2.32. The molecule has 0 aliphatic heterocycles. The quantitative estimate of drug-likeness (QED) is 0.922. The lowest BCUT2D eigenvalue weighted by Crippen LogP contribution is -1.93. The van der Waals surface area contributed by atoms with Gasteiger partial charge in [-0.3, -0.25) is 0 Å². The molecule has 0 amide bonds. The minimum atomic E-state index is -0.645. The minimum Gasteiger partial charge on any atom is -0.453 e. The molecule has 0 heterocycles. The molecule has 0 saturated heterocycles. The molecule has 5 heteroatoms. The summed E-state index contributed by atoms with van der Waals surface area (Å²) in [6, 6.07) is 10.5. The Morgan fingerprint density at radius 1 is 1.25 bits per heavy atom. The second-order valence-electron chi connectivity index (χ2n) is 4.22. The average molecular weight is 292 g/mol. The SMILES string of the molecule is CC(O)c1ccc(Oc2ccc(C#N)cc2F)c(Cl)c1. The molecule has 20 heavy (non-hydrogen) atoms. The molecule has 0 aliphatic rings. The first-order valence-electron chi connectivity index (χ1n) is 5.86. The Kier molecular flexibility index (Phi) is 4.23. The van der Waals surface area contributed by atoms with Gasteiger partial charge in [-0.2, -0.15) is 5.26 Å². The van der Waals surface area contributed by atoms with Crippen molar-refractivity contribution >= 4 is 11.6 Å². The summed E-state index contributed by atoms with van der Waals surface area (Å²) >= 11 is 6.02. The smallest absolute Gasteiger partial charge is 0.167 e. The lowest BCUT2D eigenvalue weighted by atomic mass is 10.1. The van der Waals surface area contributed by atoms with Gasteiger partial charge in [-0.15, -0.1) is 0 Å². The maximum absolute atomic E-state index is 13.7. The number of nitriles is 1. The fourth-order valence-corrected chi connectivity index (χ4v) is 1.86. The highest BCUT2D eigenvalue weighted by Gasteiger charge is 2.10. The maximum atomic E-state index is 13.7. The van der Waals surface area contributed by atoms with Crippen LogP contribution in [0, 0.1) is 17.1 Å². The van der Waals surface area contributed by atoms with Crippen LogP contribution in [-0.2, 0) is 0 Å². The largest absolute Gasteiger partial charge is 0.453 e. The van der Waals surface area contributed by atoms with Crippen LogP contribution in [-0.4, -0.2) is 5.11 Å². The van der Waals surface area contributed by atoms with Crippen LogP contribution in [0.1, 0.15) is 24.2 Å². The van der Waals surface area contributed by atoms with Gasteiger partial charge >= 0.3 is 0 Å². The van der Waals surface area contributed by atoms with Gasteiger partial charge in [-0.05, 0) is 42.8 Å². The molecule has 0 aromatic heterocycles. The number of ether oxygens (including phenoxy) is 1. The molecule has 0 bridgehead atoms.